The Morgan fingerprint density at radius 2 is 1.66 bits per heavy atom. The highest BCUT2D eigenvalue weighted by molar-refractivity contribution is 7.12. The molecule has 0 atom stereocenters. The van der Waals surface area contributed by atoms with Crippen molar-refractivity contribution in [1.82, 2.24) is 9.80 Å². The second-order valence-corrected chi connectivity index (χ2v) is 8.32. The molecule has 3 rings (SSSR count). The molecule has 32 heavy (non-hydrogen) atoms. The Morgan fingerprint density at radius 1 is 1.00 bits per heavy atom. The molecule has 0 spiro atoms. The lowest BCUT2D eigenvalue weighted by molar-refractivity contribution is -0.159. The number of hydrogen-bond donors (Lipinski definition) is 2. The van der Waals surface area contributed by atoms with Gasteiger partial charge >= 0.3 is 11.9 Å². The highest BCUT2D eigenvalue weighted by atomic mass is 35.5. The topological polar surface area (TPSA) is 124 Å². The number of carboxylic acids is 2. The molecule has 1 amide bonds. The summed E-state index contributed by atoms with van der Waals surface area (Å²) in [5.41, 5.74) is 0. The van der Waals surface area contributed by atoms with E-state index >= 15 is 0 Å². The molecular formula is C20H20Cl2N2O7S. The molecule has 0 unspecified atom stereocenters. The molecule has 1 aliphatic rings. The predicted molar refractivity (Wildman–Crippen MR) is 119 cm³/mol. The summed E-state index contributed by atoms with van der Waals surface area (Å²) in [5, 5.41) is 17.6. The molecule has 12 heteroatoms. The monoisotopic (exact) mass is 502 g/mol. The third-order valence-electron chi connectivity index (χ3n) is 4.32. The Hall–Kier alpha value is -2.66. The van der Waals surface area contributed by atoms with Gasteiger partial charge in [-0.05, 0) is 29.6 Å². The largest absolute Gasteiger partial charge is 0.482 e. The van der Waals surface area contributed by atoms with Crippen LogP contribution in [-0.2, 0) is 14.4 Å². The summed E-state index contributed by atoms with van der Waals surface area (Å²) >= 11 is 13.3. The number of halogens is 2. The molecule has 0 radical (unpaired) electrons. The van der Waals surface area contributed by atoms with Crippen molar-refractivity contribution in [3.8, 4) is 5.75 Å². The third kappa shape index (κ3) is 8.12. The molecule has 2 N–H and O–H groups in total. The molecule has 2 heterocycles. The summed E-state index contributed by atoms with van der Waals surface area (Å²) in [4.78, 5) is 47.3. The third-order valence-corrected chi connectivity index (χ3v) is 5.76. The fourth-order valence-electron chi connectivity index (χ4n) is 2.70. The van der Waals surface area contributed by atoms with Gasteiger partial charge < -0.3 is 19.8 Å². The van der Waals surface area contributed by atoms with Crippen LogP contribution in [0.1, 0.15) is 9.67 Å². The first-order valence-corrected chi connectivity index (χ1v) is 10.9. The van der Waals surface area contributed by atoms with Crippen LogP contribution in [0.3, 0.4) is 0 Å². The predicted octanol–water partition coefficient (Wildman–Crippen LogP) is 2.62. The van der Waals surface area contributed by atoms with Crippen molar-refractivity contribution in [3.63, 3.8) is 0 Å². The average molecular weight is 503 g/mol. The summed E-state index contributed by atoms with van der Waals surface area (Å²) in [7, 11) is 0. The molecule has 172 valence electrons. The smallest absolute Gasteiger partial charge is 0.414 e. The minimum atomic E-state index is -1.82. The van der Waals surface area contributed by atoms with Crippen LogP contribution in [0, 0.1) is 0 Å². The Labute approximate surface area is 197 Å². The second kappa shape index (κ2) is 12.4. The van der Waals surface area contributed by atoms with E-state index in [9.17, 15) is 9.59 Å². The van der Waals surface area contributed by atoms with Crippen molar-refractivity contribution in [2.24, 2.45) is 0 Å². The van der Waals surface area contributed by atoms with Crippen LogP contribution in [-0.4, -0.2) is 83.0 Å². The van der Waals surface area contributed by atoms with Gasteiger partial charge in [0.15, 0.2) is 12.4 Å². The van der Waals surface area contributed by atoms with Crippen molar-refractivity contribution in [1.29, 1.82) is 0 Å². The lowest BCUT2D eigenvalue weighted by Crippen LogP contribution is -2.51. The number of piperazine rings is 1. The Morgan fingerprint density at radius 3 is 2.19 bits per heavy atom. The zero-order valence-corrected chi connectivity index (χ0v) is 19.0. The number of Topliss-reactive ketones (excluding diaryl/α,β-unsaturated/α-hetero) is 1. The lowest BCUT2D eigenvalue weighted by atomic mass is 10.2. The first-order valence-electron chi connectivity index (χ1n) is 9.28. The van der Waals surface area contributed by atoms with Crippen LogP contribution in [0.25, 0.3) is 0 Å². The maximum absolute atomic E-state index is 12.3. The molecule has 1 fully saturated rings. The van der Waals surface area contributed by atoms with E-state index in [0.29, 0.717) is 48.5 Å². The van der Waals surface area contributed by atoms with E-state index in [4.69, 9.17) is 47.7 Å². The van der Waals surface area contributed by atoms with E-state index in [1.54, 1.807) is 23.1 Å². The van der Waals surface area contributed by atoms with E-state index in [-0.39, 0.29) is 18.3 Å². The Kier molecular flexibility index (Phi) is 9.92. The second-order valence-electron chi connectivity index (χ2n) is 6.53. The fourth-order valence-corrected chi connectivity index (χ4v) is 3.82. The van der Waals surface area contributed by atoms with Crippen molar-refractivity contribution >= 4 is 58.2 Å². The summed E-state index contributed by atoms with van der Waals surface area (Å²) in [6, 6.07) is 8.60. The maximum atomic E-state index is 12.3. The molecule has 0 bridgehead atoms. The molecule has 2 aromatic rings. The van der Waals surface area contributed by atoms with Gasteiger partial charge in [0, 0.05) is 31.2 Å². The van der Waals surface area contributed by atoms with E-state index < -0.39 is 11.9 Å². The number of ketones is 1. The molecule has 1 saturated heterocycles. The van der Waals surface area contributed by atoms with Gasteiger partial charge in [0.05, 0.1) is 16.4 Å². The number of carboxylic acid groups (broad SMARTS) is 2. The number of ether oxygens (including phenoxy) is 1. The quantitative estimate of drug-likeness (QED) is 0.456. The van der Waals surface area contributed by atoms with Crippen LogP contribution in [0.5, 0.6) is 5.75 Å². The van der Waals surface area contributed by atoms with Gasteiger partial charge in [-0.25, -0.2) is 9.59 Å². The van der Waals surface area contributed by atoms with E-state index in [0.717, 1.165) is 4.88 Å². The van der Waals surface area contributed by atoms with Gasteiger partial charge in [-0.2, -0.15) is 0 Å². The normalized spacial score (nSPS) is 13.6. The minimum Gasteiger partial charge on any atom is -0.482 e. The molecule has 9 nitrogen and oxygen atoms in total. The molecule has 1 aliphatic heterocycles. The first-order chi connectivity index (χ1) is 15.2. The zero-order chi connectivity index (χ0) is 23.7. The highest BCUT2D eigenvalue weighted by Crippen LogP contribution is 2.27. The van der Waals surface area contributed by atoms with Gasteiger partial charge in [-0.3, -0.25) is 14.5 Å². The van der Waals surface area contributed by atoms with Gasteiger partial charge in [-0.1, -0.05) is 29.3 Å². The van der Waals surface area contributed by atoms with Gasteiger partial charge in [0.25, 0.3) is 5.91 Å². The zero-order valence-electron chi connectivity index (χ0n) is 16.7. The molecule has 1 aromatic heterocycles. The molecule has 0 aliphatic carbocycles. The number of carbonyl (C=O) groups is 4. The van der Waals surface area contributed by atoms with E-state index in [1.807, 2.05) is 17.5 Å². The van der Waals surface area contributed by atoms with Gasteiger partial charge in [-0.15, -0.1) is 11.3 Å². The SMILES string of the molecule is O=C(CN1CCN(C(=O)COc2ccc(Cl)cc2Cl)CC1)c1cccs1.O=C(O)C(=O)O. The highest BCUT2D eigenvalue weighted by Gasteiger charge is 2.23. The van der Waals surface area contributed by atoms with Crippen LogP contribution >= 0.6 is 34.5 Å². The Bertz CT molecular complexity index is 949. The van der Waals surface area contributed by atoms with Crippen molar-refractivity contribution in [2.75, 3.05) is 39.3 Å². The number of aliphatic carboxylic acids is 2. The van der Waals surface area contributed by atoms with Crippen molar-refractivity contribution in [2.45, 2.75) is 0 Å². The number of nitrogens with zero attached hydrogens (tertiary/aromatic N) is 2. The summed E-state index contributed by atoms with van der Waals surface area (Å²) in [6.07, 6.45) is 0. The van der Waals surface area contributed by atoms with Crippen LogP contribution in [0.4, 0.5) is 0 Å². The van der Waals surface area contributed by atoms with Gasteiger partial charge in [0.2, 0.25) is 0 Å². The summed E-state index contributed by atoms with van der Waals surface area (Å²) in [5.74, 6) is -3.18. The number of carbonyl (C=O) groups excluding carboxylic acids is 2. The lowest BCUT2D eigenvalue weighted by Gasteiger charge is -2.34. The maximum Gasteiger partial charge on any atom is 0.414 e. The number of amides is 1. The van der Waals surface area contributed by atoms with E-state index in [2.05, 4.69) is 4.90 Å². The first kappa shape index (κ1) is 25.6. The van der Waals surface area contributed by atoms with E-state index in [1.165, 1.54) is 11.3 Å². The number of benzene rings is 1. The summed E-state index contributed by atoms with van der Waals surface area (Å²) in [6.45, 7) is 2.81. The number of hydrogen-bond acceptors (Lipinski definition) is 7. The number of rotatable bonds is 6. The van der Waals surface area contributed by atoms with Crippen LogP contribution in [0.15, 0.2) is 35.7 Å². The molecule has 0 saturated carbocycles. The standard InChI is InChI=1S/C18H18Cl2N2O3S.C2H2O4/c19-13-3-4-16(14(20)10-13)25-12-18(24)22-7-5-21(6-8-22)11-15(23)17-2-1-9-26-17;3-1(4)2(5)6/h1-4,9-10H,5-8,11-12H2;(H,3,4)(H,5,6). The Balaban J connectivity index is 0.000000534. The van der Waals surface area contributed by atoms with Crippen LogP contribution < -0.4 is 4.74 Å². The summed E-state index contributed by atoms with van der Waals surface area (Å²) < 4.78 is 5.50. The van der Waals surface area contributed by atoms with Gasteiger partial charge in [0.1, 0.15) is 5.75 Å². The van der Waals surface area contributed by atoms with Crippen molar-refractivity contribution in [3.05, 3.63) is 50.6 Å². The van der Waals surface area contributed by atoms with Crippen LogP contribution in [0.2, 0.25) is 10.0 Å². The average Bonchev–Trinajstić information content (AvgIpc) is 3.29. The molecule has 1 aromatic carbocycles. The van der Waals surface area contributed by atoms with Crippen molar-refractivity contribution < 1.29 is 34.1 Å². The number of thiophene rings is 1. The minimum absolute atomic E-state index is 0.0739. The fraction of sp³-hybridized carbons (Fsp3) is 0.300. The molecular weight excluding hydrogens is 483 g/mol.